The number of amides is 4. The molecule has 5 rings (SSSR count). The lowest BCUT2D eigenvalue weighted by molar-refractivity contribution is -0.122. The maximum Gasteiger partial charge on any atom is 0.335 e. The van der Waals surface area contributed by atoms with Crippen molar-refractivity contribution in [3.63, 3.8) is 0 Å². The minimum absolute atomic E-state index is 0.0594. The van der Waals surface area contributed by atoms with E-state index in [4.69, 9.17) is 0 Å². The Balaban J connectivity index is 1.54. The number of aromatic nitrogens is 2. The summed E-state index contributed by atoms with van der Waals surface area (Å²) < 4.78 is 1.01. The van der Waals surface area contributed by atoms with Gasteiger partial charge in [0, 0.05) is 0 Å². The van der Waals surface area contributed by atoms with Crippen molar-refractivity contribution in [1.82, 2.24) is 14.9 Å². The number of hydrogen-bond acceptors (Lipinski definition) is 6. The van der Waals surface area contributed by atoms with Crippen LogP contribution in [0.4, 0.5) is 10.5 Å². The van der Waals surface area contributed by atoms with Crippen LogP contribution in [-0.2, 0) is 9.59 Å². The second-order valence-electron chi connectivity index (χ2n) is 10.4. The molecule has 0 bridgehead atoms. The van der Waals surface area contributed by atoms with Crippen molar-refractivity contribution in [2.24, 2.45) is 11.8 Å². The van der Waals surface area contributed by atoms with Gasteiger partial charge in [-0.1, -0.05) is 68.3 Å². The molecule has 214 valence electrons. The molecule has 0 radical (unpaired) electrons. The van der Waals surface area contributed by atoms with Crippen LogP contribution in [-0.4, -0.2) is 32.5 Å². The predicted octanol–water partition coefficient (Wildman–Crippen LogP) is 4.21. The molecular formula is C32H30N4O6. The van der Waals surface area contributed by atoms with E-state index >= 15 is 0 Å². The number of hydrogen-bond donors (Lipinski definition) is 3. The third kappa shape index (κ3) is 5.78. The number of aromatic amines is 1. The van der Waals surface area contributed by atoms with Gasteiger partial charge in [0.15, 0.2) is 0 Å². The molecule has 0 unspecified atom stereocenters. The summed E-state index contributed by atoms with van der Waals surface area (Å²) in [7, 11) is 0. The summed E-state index contributed by atoms with van der Waals surface area (Å²) in [6.45, 7) is 2.18. The number of rotatable bonds is 6. The van der Waals surface area contributed by atoms with E-state index in [1.807, 2.05) is 0 Å². The highest BCUT2D eigenvalue weighted by Crippen LogP contribution is 2.34. The number of barbiturate groups is 1. The van der Waals surface area contributed by atoms with Gasteiger partial charge < -0.3 is 5.11 Å². The van der Waals surface area contributed by atoms with E-state index in [9.17, 15) is 29.1 Å². The summed E-state index contributed by atoms with van der Waals surface area (Å²) in [6, 6.07) is 15.9. The molecule has 2 heterocycles. The van der Waals surface area contributed by atoms with Gasteiger partial charge in [-0.3, -0.25) is 24.7 Å². The van der Waals surface area contributed by atoms with Crippen LogP contribution in [0.1, 0.15) is 38.2 Å². The zero-order chi connectivity index (χ0) is 29.8. The molecule has 1 aliphatic carbocycles. The Morgan fingerprint density at radius 2 is 1.50 bits per heavy atom. The number of imide groups is 2. The summed E-state index contributed by atoms with van der Waals surface area (Å²) >= 11 is 0. The normalized spacial score (nSPS) is 20.8. The van der Waals surface area contributed by atoms with E-state index in [1.54, 1.807) is 72.8 Å². The van der Waals surface area contributed by atoms with E-state index < -0.39 is 35.0 Å². The molecular weight excluding hydrogens is 536 g/mol. The van der Waals surface area contributed by atoms with Gasteiger partial charge in [0.2, 0.25) is 5.88 Å². The van der Waals surface area contributed by atoms with Gasteiger partial charge in [0.05, 0.1) is 11.4 Å². The number of carbonyl (C=O) groups is 3. The number of aromatic hydroxyl groups is 1. The highest BCUT2D eigenvalue weighted by molar-refractivity contribution is 6.37. The summed E-state index contributed by atoms with van der Waals surface area (Å²) in [6.07, 6.45) is 9.77. The second kappa shape index (κ2) is 12.1. The molecule has 2 aliphatic rings. The Hall–Kier alpha value is -5.25. The summed E-state index contributed by atoms with van der Waals surface area (Å²) in [5, 5.41) is 13.2. The molecule has 1 aliphatic heterocycles. The molecule has 1 saturated carbocycles. The molecule has 3 N–H and O–H groups in total. The van der Waals surface area contributed by atoms with E-state index in [1.165, 1.54) is 12.2 Å². The molecule has 0 spiro atoms. The Kier molecular flexibility index (Phi) is 8.14. The van der Waals surface area contributed by atoms with Crippen LogP contribution in [0.3, 0.4) is 0 Å². The fourth-order valence-electron chi connectivity index (χ4n) is 5.27. The Bertz CT molecular complexity index is 1730. The van der Waals surface area contributed by atoms with Crippen molar-refractivity contribution in [1.29, 1.82) is 0 Å². The lowest BCUT2D eigenvalue weighted by Gasteiger charge is -2.27. The number of anilines is 1. The van der Waals surface area contributed by atoms with Crippen LogP contribution < -0.4 is 21.5 Å². The molecule has 3 aromatic rings. The largest absolute Gasteiger partial charge is 0.494 e. The molecule has 10 nitrogen and oxygen atoms in total. The van der Waals surface area contributed by atoms with Crippen molar-refractivity contribution < 1.29 is 19.5 Å². The first-order valence-electron chi connectivity index (χ1n) is 13.7. The molecule has 0 atom stereocenters. The lowest BCUT2D eigenvalue weighted by atomic mass is 9.78. The summed E-state index contributed by atoms with van der Waals surface area (Å²) in [5.41, 5.74) is -0.425. The van der Waals surface area contributed by atoms with Gasteiger partial charge in [-0.2, -0.15) is 0 Å². The van der Waals surface area contributed by atoms with Gasteiger partial charge in [0.1, 0.15) is 11.1 Å². The first kappa shape index (κ1) is 28.3. The molecule has 1 aromatic heterocycles. The van der Waals surface area contributed by atoms with Crippen LogP contribution in [0.25, 0.3) is 11.8 Å². The zero-order valence-corrected chi connectivity index (χ0v) is 22.9. The maximum atomic E-state index is 13.3. The number of urea groups is 1. The highest BCUT2D eigenvalue weighted by Gasteiger charge is 2.36. The van der Waals surface area contributed by atoms with Crippen molar-refractivity contribution in [2.45, 2.75) is 32.6 Å². The van der Waals surface area contributed by atoms with E-state index in [0.29, 0.717) is 17.3 Å². The highest BCUT2D eigenvalue weighted by atomic mass is 16.3. The SMILES string of the molecule is CC1CCC(C(C=Cc2c(O)n(-c3ccccc3)c(=O)[nH]c2=O)=CC=C2C(=O)NC(=O)N(c3ccccc3)C2=O)CC1. The molecule has 42 heavy (non-hydrogen) atoms. The monoisotopic (exact) mass is 566 g/mol. The Morgan fingerprint density at radius 1 is 0.881 bits per heavy atom. The van der Waals surface area contributed by atoms with Crippen molar-refractivity contribution in [3.05, 3.63) is 116 Å². The average Bonchev–Trinajstić information content (AvgIpc) is 2.97. The Morgan fingerprint density at radius 3 is 2.14 bits per heavy atom. The van der Waals surface area contributed by atoms with Crippen LogP contribution >= 0.6 is 0 Å². The quantitative estimate of drug-likeness (QED) is 0.232. The van der Waals surface area contributed by atoms with Gasteiger partial charge >= 0.3 is 11.7 Å². The van der Waals surface area contributed by atoms with Gasteiger partial charge in [0.25, 0.3) is 17.4 Å². The first-order chi connectivity index (χ1) is 20.2. The second-order valence-corrected chi connectivity index (χ2v) is 10.4. The summed E-state index contributed by atoms with van der Waals surface area (Å²) in [5.74, 6) is -1.46. The number of allylic oxidation sites excluding steroid dienone is 4. The van der Waals surface area contributed by atoms with Gasteiger partial charge in [-0.05, 0) is 66.7 Å². The third-order valence-electron chi connectivity index (χ3n) is 7.62. The topological polar surface area (TPSA) is 142 Å². The van der Waals surface area contributed by atoms with E-state index in [0.717, 1.165) is 40.7 Å². The number of nitrogens with one attached hydrogen (secondary N) is 2. The van der Waals surface area contributed by atoms with Crippen LogP contribution in [0.5, 0.6) is 5.88 Å². The smallest absolute Gasteiger partial charge is 0.335 e. The van der Waals surface area contributed by atoms with Crippen LogP contribution in [0, 0.1) is 11.8 Å². The first-order valence-corrected chi connectivity index (χ1v) is 13.7. The number of para-hydroxylation sites is 2. The molecule has 10 heteroatoms. The van der Waals surface area contributed by atoms with Crippen LogP contribution in [0.2, 0.25) is 0 Å². The lowest BCUT2D eigenvalue weighted by Crippen LogP contribution is -2.54. The van der Waals surface area contributed by atoms with E-state index in [-0.39, 0.29) is 17.1 Å². The minimum atomic E-state index is -0.832. The minimum Gasteiger partial charge on any atom is -0.494 e. The van der Waals surface area contributed by atoms with E-state index in [2.05, 4.69) is 17.2 Å². The van der Waals surface area contributed by atoms with Crippen molar-refractivity contribution >= 4 is 29.6 Å². The summed E-state index contributed by atoms with van der Waals surface area (Å²) in [4.78, 5) is 66.9. The average molecular weight is 567 g/mol. The maximum absolute atomic E-state index is 13.3. The molecule has 1 saturated heterocycles. The van der Waals surface area contributed by atoms with Crippen molar-refractivity contribution in [2.75, 3.05) is 4.90 Å². The third-order valence-corrected chi connectivity index (χ3v) is 7.62. The molecule has 2 fully saturated rings. The predicted molar refractivity (Wildman–Crippen MR) is 158 cm³/mol. The van der Waals surface area contributed by atoms with Gasteiger partial charge in [-0.15, -0.1) is 0 Å². The standard InChI is InChI=1S/C32H30N4O6/c1-20-12-14-21(15-13-20)22(16-18-25-27(37)33-31(41)35(29(25)39)23-8-4-2-5-9-23)17-19-26-28(38)34-32(42)36(30(26)40)24-10-6-3-7-11-24/h2-11,16-21,39H,12-15H2,1H3,(H,33,37,41)(H,34,38,42). The van der Waals surface area contributed by atoms with Crippen molar-refractivity contribution in [3.8, 4) is 11.6 Å². The number of carbonyl (C=O) groups excluding carboxylic acids is 3. The molecule has 2 aromatic carbocycles. The fourth-order valence-corrected chi connectivity index (χ4v) is 5.27. The number of benzene rings is 2. The number of nitrogens with zero attached hydrogens (tertiary/aromatic N) is 2. The fraction of sp³-hybridized carbons (Fsp3) is 0.219. The van der Waals surface area contributed by atoms with Crippen LogP contribution in [0.15, 0.2) is 99.6 Å². The Labute approximate surface area is 241 Å². The molecule has 4 amide bonds. The zero-order valence-electron chi connectivity index (χ0n) is 22.9. The number of H-pyrrole nitrogens is 1. The van der Waals surface area contributed by atoms with Gasteiger partial charge in [-0.25, -0.2) is 19.1 Å².